The second-order valence-corrected chi connectivity index (χ2v) is 4.90. The molecule has 0 saturated heterocycles. The van der Waals surface area contributed by atoms with E-state index < -0.39 is 0 Å². The standard InChI is InChI=1S/C14H16OS/c1-11-4-2-3-5-13(11)9-14(15)8-12-6-7-16-10-12/h2-7,10,14-15H,8-9H2,1H3. The highest BCUT2D eigenvalue weighted by Crippen LogP contribution is 2.14. The molecule has 0 aliphatic heterocycles. The minimum atomic E-state index is -0.282. The van der Waals surface area contributed by atoms with Crippen LogP contribution in [0.5, 0.6) is 0 Å². The zero-order chi connectivity index (χ0) is 11.4. The van der Waals surface area contributed by atoms with Gasteiger partial charge >= 0.3 is 0 Å². The van der Waals surface area contributed by atoms with E-state index in [0.29, 0.717) is 0 Å². The number of aliphatic hydroxyl groups excluding tert-OH is 1. The first kappa shape index (κ1) is 11.4. The summed E-state index contributed by atoms with van der Waals surface area (Å²) in [6.45, 7) is 2.09. The summed E-state index contributed by atoms with van der Waals surface area (Å²) in [5, 5.41) is 14.2. The lowest BCUT2D eigenvalue weighted by Gasteiger charge is -2.11. The number of aryl methyl sites for hydroxylation is 1. The van der Waals surface area contributed by atoms with Crippen molar-refractivity contribution in [3.8, 4) is 0 Å². The van der Waals surface area contributed by atoms with Gasteiger partial charge in [-0.2, -0.15) is 11.3 Å². The quantitative estimate of drug-likeness (QED) is 0.858. The average molecular weight is 232 g/mol. The second-order valence-electron chi connectivity index (χ2n) is 4.12. The van der Waals surface area contributed by atoms with Gasteiger partial charge < -0.3 is 5.11 Å². The smallest absolute Gasteiger partial charge is 0.0621 e. The van der Waals surface area contributed by atoms with E-state index in [1.54, 1.807) is 11.3 Å². The summed E-state index contributed by atoms with van der Waals surface area (Å²) in [5.41, 5.74) is 3.73. The third kappa shape index (κ3) is 2.94. The lowest BCUT2D eigenvalue weighted by molar-refractivity contribution is 0.175. The summed E-state index contributed by atoms with van der Waals surface area (Å²) in [5.74, 6) is 0. The van der Waals surface area contributed by atoms with Crippen molar-refractivity contribution in [3.63, 3.8) is 0 Å². The highest BCUT2D eigenvalue weighted by atomic mass is 32.1. The van der Waals surface area contributed by atoms with E-state index >= 15 is 0 Å². The first-order valence-electron chi connectivity index (χ1n) is 5.49. The number of benzene rings is 1. The zero-order valence-corrected chi connectivity index (χ0v) is 10.2. The fourth-order valence-electron chi connectivity index (χ4n) is 1.85. The highest BCUT2D eigenvalue weighted by Gasteiger charge is 2.08. The summed E-state index contributed by atoms with van der Waals surface area (Å²) >= 11 is 1.68. The van der Waals surface area contributed by atoms with Gasteiger partial charge in [-0.05, 0) is 53.3 Å². The highest BCUT2D eigenvalue weighted by molar-refractivity contribution is 7.07. The van der Waals surface area contributed by atoms with Crippen LogP contribution in [0.2, 0.25) is 0 Å². The van der Waals surface area contributed by atoms with Crippen LogP contribution >= 0.6 is 11.3 Å². The van der Waals surface area contributed by atoms with Crippen LogP contribution < -0.4 is 0 Å². The first-order chi connectivity index (χ1) is 7.75. The molecule has 0 bridgehead atoms. The number of hydrogen-bond acceptors (Lipinski definition) is 2. The Morgan fingerprint density at radius 1 is 1.19 bits per heavy atom. The minimum Gasteiger partial charge on any atom is -0.392 e. The Kier molecular flexibility index (Phi) is 3.75. The summed E-state index contributed by atoms with van der Waals surface area (Å²) in [7, 11) is 0. The summed E-state index contributed by atoms with van der Waals surface area (Å²) in [6, 6.07) is 10.3. The second kappa shape index (κ2) is 5.28. The number of rotatable bonds is 4. The van der Waals surface area contributed by atoms with E-state index in [0.717, 1.165) is 12.8 Å². The molecule has 0 radical (unpaired) electrons. The van der Waals surface area contributed by atoms with Crippen LogP contribution in [0.25, 0.3) is 0 Å². The van der Waals surface area contributed by atoms with Gasteiger partial charge in [0.1, 0.15) is 0 Å². The predicted molar refractivity (Wildman–Crippen MR) is 68.9 cm³/mol. The third-order valence-corrected chi connectivity index (χ3v) is 3.50. The summed E-state index contributed by atoms with van der Waals surface area (Å²) < 4.78 is 0. The van der Waals surface area contributed by atoms with E-state index in [1.165, 1.54) is 16.7 Å². The summed E-state index contributed by atoms with van der Waals surface area (Å²) in [4.78, 5) is 0. The maximum atomic E-state index is 10.0. The van der Waals surface area contributed by atoms with Crippen molar-refractivity contribution in [3.05, 3.63) is 57.8 Å². The van der Waals surface area contributed by atoms with Crippen molar-refractivity contribution < 1.29 is 5.11 Å². The molecule has 1 unspecified atom stereocenters. The molecule has 1 N–H and O–H groups in total. The van der Waals surface area contributed by atoms with Crippen molar-refractivity contribution in [1.29, 1.82) is 0 Å². The van der Waals surface area contributed by atoms with E-state index in [4.69, 9.17) is 0 Å². The van der Waals surface area contributed by atoms with Gasteiger partial charge in [0.15, 0.2) is 0 Å². The van der Waals surface area contributed by atoms with Crippen LogP contribution in [0.1, 0.15) is 16.7 Å². The molecule has 2 rings (SSSR count). The lowest BCUT2D eigenvalue weighted by atomic mass is 9.99. The molecule has 0 aliphatic carbocycles. The van der Waals surface area contributed by atoms with Gasteiger partial charge in [0.05, 0.1) is 6.10 Å². The molecular formula is C14H16OS. The predicted octanol–water partition coefficient (Wildman–Crippen LogP) is 3.20. The Hall–Kier alpha value is -1.12. The van der Waals surface area contributed by atoms with Crippen molar-refractivity contribution in [2.75, 3.05) is 0 Å². The van der Waals surface area contributed by atoms with Crippen LogP contribution in [0.4, 0.5) is 0 Å². The molecule has 0 spiro atoms. The molecule has 1 aromatic heterocycles. The molecular weight excluding hydrogens is 216 g/mol. The van der Waals surface area contributed by atoms with Crippen LogP contribution in [0.15, 0.2) is 41.1 Å². The summed E-state index contributed by atoms with van der Waals surface area (Å²) in [6.07, 6.45) is 1.20. The van der Waals surface area contributed by atoms with Crippen molar-refractivity contribution in [2.45, 2.75) is 25.9 Å². The largest absolute Gasteiger partial charge is 0.392 e. The average Bonchev–Trinajstić information content (AvgIpc) is 2.74. The Labute approximate surface area is 100 Å². The van der Waals surface area contributed by atoms with Crippen molar-refractivity contribution in [1.82, 2.24) is 0 Å². The van der Waals surface area contributed by atoms with Gasteiger partial charge in [-0.25, -0.2) is 0 Å². The van der Waals surface area contributed by atoms with Gasteiger partial charge in [-0.1, -0.05) is 24.3 Å². The van der Waals surface area contributed by atoms with E-state index in [-0.39, 0.29) is 6.10 Å². The fraction of sp³-hybridized carbons (Fsp3) is 0.286. The molecule has 1 nitrogen and oxygen atoms in total. The lowest BCUT2D eigenvalue weighted by Crippen LogP contribution is -2.14. The van der Waals surface area contributed by atoms with E-state index in [1.807, 2.05) is 12.1 Å². The van der Waals surface area contributed by atoms with Gasteiger partial charge in [0, 0.05) is 0 Å². The fourth-order valence-corrected chi connectivity index (χ4v) is 2.53. The normalized spacial score (nSPS) is 12.6. The van der Waals surface area contributed by atoms with Crippen molar-refractivity contribution in [2.24, 2.45) is 0 Å². The molecule has 1 aromatic carbocycles. The molecule has 1 heterocycles. The van der Waals surface area contributed by atoms with Gasteiger partial charge in [0.25, 0.3) is 0 Å². The van der Waals surface area contributed by atoms with Gasteiger partial charge in [-0.15, -0.1) is 0 Å². The third-order valence-electron chi connectivity index (χ3n) is 2.77. The monoisotopic (exact) mass is 232 g/mol. The first-order valence-corrected chi connectivity index (χ1v) is 6.43. The van der Waals surface area contributed by atoms with Gasteiger partial charge in [-0.3, -0.25) is 0 Å². The van der Waals surface area contributed by atoms with E-state index in [9.17, 15) is 5.11 Å². The van der Waals surface area contributed by atoms with Crippen LogP contribution in [-0.4, -0.2) is 11.2 Å². The molecule has 2 aromatic rings. The van der Waals surface area contributed by atoms with Gasteiger partial charge in [0.2, 0.25) is 0 Å². The Bertz CT molecular complexity index is 434. The van der Waals surface area contributed by atoms with Crippen LogP contribution in [-0.2, 0) is 12.8 Å². The van der Waals surface area contributed by atoms with Crippen LogP contribution in [0, 0.1) is 6.92 Å². The Balaban J connectivity index is 1.97. The molecule has 0 saturated carbocycles. The number of thiophene rings is 1. The Morgan fingerprint density at radius 3 is 2.69 bits per heavy atom. The van der Waals surface area contributed by atoms with E-state index in [2.05, 4.69) is 35.9 Å². The Morgan fingerprint density at radius 2 is 2.00 bits per heavy atom. The zero-order valence-electron chi connectivity index (χ0n) is 9.39. The molecule has 1 atom stereocenters. The topological polar surface area (TPSA) is 20.2 Å². The van der Waals surface area contributed by atoms with Crippen LogP contribution in [0.3, 0.4) is 0 Å². The van der Waals surface area contributed by atoms with Crippen molar-refractivity contribution >= 4 is 11.3 Å². The molecule has 2 heteroatoms. The molecule has 0 aliphatic rings. The molecule has 16 heavy (non-hydrogen) atoms. The maximum Gasteiger partial charge on any atom is 0.0621 e. The molecule has 84 valence electrons. The SMILES string of the molecule is Cc1ccccc1CC(O)Cc1ccsc1. The number of hydrogen-bond donors (Lipinski definition) is 1. The minimum absolute atomic E-state index is 0.282. The number of aliphatic hydroxyl groups is 1. The maximum absolute atomic E-state index is 10.0. The molecule has 0 fully saturated rings. The molecule has 0 amide bonds.